The van der Waals surface area contributed by atoms with Crippen molar-refractivity contribution in [3.8, 4) is 5.75 Å². The molecular weight excluding hydrogens is 252 g/mol. The van der Waals surface area contributed by atoms with Crippen molar-refractivity contribution in [3.63, 3.8) is 0 Å². The van der Waals surface area contributed by atoms with Gasteiger partial charge in [-0.05, 0) is 35.9 Å². The number of rotatable bonds is 0. The normalized spacial score (nSPS) is 18.9. The maximum atomic E-state index is 5.73. The largest absolute Gasteiger partial charge is 0.490 e. The standard InChI is InChI=1S/C13H11BrO/c1-8-6-12-11-4-3-10(14)7-9(11)2-5-13(12)15-8/h2-5,7-8H,6H2,1H3/t8-/m1/s1. The molecule has 1 aliphatic heterocycles. The van der Waals surface area contributed by atoms with Crippen LogP contribution in [0.5, 0.6) is 5.75 Å². The van der Waals surface area contributed by atoms with E-state index in [0.717, 1.165) is 16.6 Å². The Morgan fingerprint density at radius 2 is 2.13 bits per heavy atom. The molecule has 76 valence electrons. The molecule has 0 unspecified atom stereocenters. The number of halogens is 1. The van der Waals surface area contributed by atoms with Crippen LogP contribution in [0.15, 0.2) is 34.8 Å². The van der Waals surface area contributed by atoms with E-state index < -0.39 is 0 Å². The van der Waals surface area contributed by atoms with Gasteiger partial charge in [-0.2, -0.15) is 0 Å². The lowest BCUT2D eigenvalue weighted by atomic mass is 10.0. The maximum absolute atomic E-state index is 5.73. The summed E-state index contributed by atoms with van der Waals surface area (Å²) in [5, 5.41) is 2.60. The molecule has 0 radical (unpaired) electrons. The first-order valence-electron chi connectivity index (χ1n) is 5.12. The first kappa shape index (κ1) is 9.22. The zero-order valence-corrected chi connectivity index (χ0v) is 10.0. The Kier molecular flexibility index (Phi) is 1.99. The number of hydrogen-bond donors (Lipinski definition) is 0. The van der Waals surface area contributed by atoms with Gasteiger partial charge in [0.2, 0.25) is 0 Å². The van der Waals surface area contributed by atoms with Crippen LogP contribution < -0.4 is 4.74 Å². The molecule has 0 aromatic heterocycles. The average molecular weight is 263 g/mol. The predicted octanol–water partition coefficient (Wildman–Crippen LogP) is 3.93. The van der Waals surface area contributed by atoms with E-state index in [2.05, 4.69) is 53.2 Å². The summed E-state index contributed by atoms with van der Waals surface area (Å²) in [4.78, 5) is 0. The van der Waals surface area contributed by atoms with E-state index in [1.165, 1.54) is 16.3 Å². The molecule has 0 spiro atoms. The molecule has 1 heterocycles. The second kappa shape index (κ2) is 3.24. The first-order valence-corrected chi connectivity index (χ1v) is 5.91. The molecule has 1 nitrogen and oxygen atoms in total. The van der Waals surface area contributed by atoms with Crippen LogP contribution in [0, 0.1) is 0 Å². The van der Waals surface area contributed by atoms with Crippen molar-refractivity contribution in [1.82, 2.24) is 0 Å². The zero-order valence-electron chi connectivity index (χ0n) is 8.46. The first-order chi connectivity index (χ1) is 7.24. The summed E-state index contributed by atoms with van der Waals surface area (Å²) >= 11 is 3.49. The van der Waals surface area contributed by atoms with Gasteiger partial charge >= 0.3 is 0 Å². The van der Waals surface area contributed by atoms with Crippen LogP contribution in [0.3, 0.4) is 0 Å². The van der Waals surface area contributed by atoms with Gasteiger partial charge in [0, 0.05) is 16.5 Å². The molecule has 0 aliphatic carbocycles. The van der Waals surface area contributed by atoms with Crippen molar-refractivity contribution in [3.05, 3.63) is 40.4 Å². The quantitative estimate of drug-likeness (QED) is 0.699. The lowest BCUT2D eigenvalue weighted by Crippen LogP contribution is -2.05. The molecular formula is C13H11BrO. The van der Waals surface area contributed by atoms with Gasteiger partial charge < -0.3 is 4.74 Å². The van der Waals surface area contributed by atoms with Gasteiger partial charge in [-0.25, -0.2) is 0 Å². The maximum Gasteiger partial charge on any atom is 0.123 e. The topological polar surface area (TPSA) is 9.23 Å². The number of hydrogen-bond acceptors (Lipinski definition) is 1. The van der Waals surface area contributed by atoms with Crippen LogP contribution in [-0.4, -0.2) is 6.10 Å². The highest BCUT2D eigenvalue weighted by atomic mass is 79.9. The third-order valence-electron chi connectivity index (χ3n) is 2.87. The molecule has 2 heteroatoms. The number of fused-ring (bicyclic) bond motifs is 3. The highest BCUT2D eigenvalue weighted by Crippen LogP contribution is 2.35. The van der Waals surface area contributed by atoms with E-state index in [-0.39, 0.29) is 0 Å². The Hall–Kier alpha value is -1.02. The van der Waals surface area contributed by atoms with Crippen molar-refractivity contribution in [2.24, 2.45) is 0 Å². The summed E-state index contributed by atoms with van der Waals surface area (Å²) in [5.74, 6) is 1.05. The number of benzene rings is 2. The molecule has 3 rings (SSSR count). The molecule has 1 aliphatic rings. The molecule has 2 aromatic rings. The van der Waals surface area contributed by atoms with Gasteiger partial charge in [-0.15, -0.1) is 0 Å². The van der Waals surface area contributed by atoms with Crippen LogP contribution in [0.1, 0.15) is 12.5 Å². The smallest absolute Gasteiger partial charge is 0.123 e. The summed E-state index contributed by atoms with van der Waals surface area (Å²) in [6.07, 6.45) is 1.34. The summed E-state index contributed by atoms with van der Waals surface area (Å²) in [7, 11) is 0. The fourth-order valence-electron chi connectivity index (χ4n) is 2.21. The minimum Gasteiger partial charge on any atom is -0.490 e. The minimum absolute atomic E-state index is 0.314. The molecule has 0 saturated carbocycles. The molecule has 0 fully saturated rings. The molecule has 15 heavy (non-hydrogen) atoms. The third kappa shape index (κ3) is 1.44. The van der Waals surface area contributed by atoms with Crippen LogP contribution in [0.25, 0.3) is 10.8 Å². The SMILES string of the molecule is C[C@@H]1Cc2c(ccc3cc(Br)ccc23)O1. The van der Waals surface area contributed by atoms with Crippen LogP contribution in [-0.2, 0) is 6.42 Å². The monoisotopic (exact) mass is 262 g/mol. The fourth-order valence-corrected chi connectivity index (χ4v) is 2.59. The molecule has 2 aromatic carbocycles. The molecule has 0 N–H and O–H groups in total. The summed E-state index contributed by atoms with van der Waals surface area (Å²) in [6, 6.07) is 10.6. The van der Waals surface area contributed by atoms with Crippen molar-refractivity contribution >= 4 is 26.7 Å². The zero-order chi connectivity index (χ0) is 10.4. The Morgan fingerprint density at radius 1 is 1.27 bits per heavy atom. The van der Waals surface area contributed by atoms with E-state index in [0.29, 0.717) is 6.10 Å². The highest BCUT2D eigenvalue weighted by Gasteiger charge is 2.20. The second-order valence-corrected chi connectivity index (χ2v) is 4.96. The Bertz CT molecular complexity index is 533. The Labute approximate surface area is 97.2 Å². The molecule has 0 bridgehead atoms. The van der Waals surface area contributed by atoms with E-state index in [1.807, 2.05) is 0 Å². The summed E-state index contributed by atoms with van der Waals surface area (Å²) < 4.78 is 6.86. The van der Waals surface area contributed by atoms with Crippen molar-refractivity contribution < 1.29 is 4.74 Å². The molecule has 0 amide bonds. The van der Waals surface area contributed by atoms with E-state index >= 15 is 0 Å². The van der Waals surface area contributed by atoms with Gasteiger partial charge in [-0.1, -0.05) is 28.1 Å². The molecule has 0 saturated heterocycles. The molecule has 1 atom stereocenters. The van der Waals surface area contributed by atoms with E-state index in [4.69, 9.17) is 4.74 Å². The minimum atomic E-state index is 0.314. The van der Waals surface area contributed by atoms with Crippen LogP contribution in [0.2, 0.25) is 0 Å². The lowest BCUT2D eigenvalue weighted by Gasteiger charge is -2.04. The summed E-state index contributed by atoms with van der Waals surface area (Å²) in [6.45, 7) is 2.12. The van der Waals surface area contributed by atoms with Crippen molar-refractivity contribution in [2.45, 2.75) is 19.4 Å². The second-order valence-electron chi connectivity index (χ2n) is 4.04. The summed E-state index contributed by atoms with van der Waals surface area (Å²) in [5.41, 5.74) is 1.35. The highest BCUT2D eigenvalue weighted by molar-refractivity contribution is 9.10. The van der Waals surface area contributed by atoms with Crippen molar-refractivity contribution in [2.75, 3.05) is 0 Å². The van der Waals surface area contributed by atoms with Gasteiger partial charge in [-0.3, -0.25) is 0 Å². The third-order valence-corrected chi connectivity index (χ3v) is 3.36. The van der Waals surface area contributed by atoms with Gasteiger partial charge in [0.05, 0.1) is 0 Å². The predicted molar refractivity (Wildman–Crippen MR) is 65.4 cm³/mol. The van der Waals surface area contributed by atoms with Gasteiger partial charge in [0.15, 0.2) is 0 Å². The Balaban J connectivity index is 2.31. The average Bonchev–Trinajstić information content (AvgIpc) is 2.58. The van der Waals surface area contributed by atoms with Gasteiger partial charge in [0.1, 0.15) is 11.9 Å². The van der Waals surface area contributed by atoms with Crippen molar-refractivity contribution in [1.29, 1.82) is 0 Å². The fraction of sp³-hybridized carbons (Fsp3) is 0.231. The lowest BCUT2D eigenvalue weighted by molar-refractivity contribution is 0.254. The van der Waals surface area contributed by atoms with Crippen LogP contribution >= 0.6 is 15.9 Å². The number of ether oxygens (including phenoxy) is 1. The van der Waals surface area contributed by atoms with Gasteiger partial charge in [0.25, 0.3) is 0 Å². The van der Waals surface area contributed by atoms with E-state index in [1.54, 1.807) is 0 Å². The van der Waals surface area contributed by atoms with Crippen LogP contribution in [0.4, 0.5) is 0 Å². The Morgan fingerprint density at radius 3 is 3.00 bits per heavy atom. The van der Waals surface area contributed by atoms with E-state index in [9.17, 15) is 0 Å².